The van der Waals surface area contributed by atoms with Crippen LogP contribution in [-0.4, -0.2) is 36.1 Å². The van der Waals surface area contributed by atoms with Crippen molar-refractivity contribution in [3.8, 4) is 0 Å². The summed E-state index contributed by atoms with van der Waals surface area (Å²) in [4.78, 5) is 2.80. The zero-order chi connectivity index (χ0) is 14.3. The number of rotatable bonds is 2. The minimum absolute atomic E-state index is 0.439. The zero-order valence-corrected chi connectivity index (χ0v) is 13.3. The summed E-state index contributed by atoms with van der Waals surface area (Å²) in [6.45, 7) is 6.17. The SMILES string of the molecule is CC1CCNC2(CCCC2)CN1CC1Cc2ccccc21. The van der Waals surface area contributed by atoms with Gasteiger partial charge in [-0.15, -0.1) is 0 Å². The summed E-state index contributed by atoms with van der Waals surface area (Å²) in [7, 11) is 0. The molecule has 1 heterocycles. The van der Waals surface area contributed by atoms with Crippen LogP contribution in [-0.2, 0) is 6.42 Å². The van der Waals surface area contributed by atoms with Gasteiger partial charge in [0.1, 0.15) is 0 Å². The van der Waals surface area contributed by atoms with Gasteiger partial charge in [-0.3, -0.25) is 4.90 Å². The highest BCUT2D eigenvalue weighted by Gasteiger charge is 2.39. The van der Waals surface area contributed by atoms with E-state index in [1.807, 2.05) is 0 Å². The van der Waals surface area contributed by atoms with E-state index in [-0.39, 0.29) is 0 Å². The van der Waals surface area contributed by atoms with E-state index in [0.29, 0.717) is 5.54 Å². The number of benzene rings is 1. The van der Waals surface area contributed by atoms with Crippen LogP contribution in [0.2, 0.25) is 0 Å². The molecule has 4 rings (SSSR count). The summed E-state index contributed by atoms with van der Waals surface area (Å²) in [6, 6.07) is 9.76. The Bertz CT molecular complexity index is 504. The predicted molar refractivity (Wildman–Crippen MR) is 87.7 cm³/mol. The quantitative estimate of drug-likeness (QED) is 0.896. The number of nitrogens with zero attached hydrogens (tertiary/aromatic N) is 1. The number of nitrogens with one attached hydrogen (secondary N) is 1. The van der Waals surface area contributed by atoms with Crippen LogP contribution in [0.1, 0.15) is 56.1 Å². The molecular formula is C19H28N2. The van der Waals surface area contributed by atoms with E-state index in [9.17, 15) is 0 Å². The minimum atomic E-state index is 0.439. The van der Waals surface area contributed by atoms with Crippen LogP contribution in [0.25, 0.3) is 0 Å². The van der Waals surface area contributed by atoms with Crippen molar-refractivity contribution in [1.82, 2.24) is 10.2 Å². The molecular weight excluding hydrogens is 256 g/mol. The number of hydrogen-bond donors (Lipinski definition) is 1. The second-order valence-electron chi connectivity index (χ2n) is 7.58. The van der Waals surface area contributed by atoms with E-state index in [1.165, 1.54) is 58.2 Å². The van der Waals surface area contributed by atoms with E-state index in [4.69, 9.17) is 0 Å². The molecule has 1 aliphatic heterocycles. The van der Waals surface area contributed by atoms with Crippen LogP contribution < -0.4 is 5.32 Å². The van der Waals surface area contributed by atoms with E-state index < -0.39 is 0 Å². The van der Waals surface area contributed by atoms with Crippen LogP contribution in [0.5, 0.6) is 0 Å². The highest BCUT2D eigenvalue weighted by Crippen LogP contribution is 2.38. The third kappa shape index (κ3) is 2.53. The van der Waals surface area contributed by atoms with Gasteiger partial charge in [-0.2, -0.15) is 0 Å². The fraction of sp³-hybridized carbons (Fsp3) is 0.684. The minimum Gasteiger partial charge on any atom is -0.310 e. The molecule has 2 atom stereocenters. The first kappa shape index (κ1) is 13.8. The van der Waals surface area contributed by atoms with Crippen molar-refractivity contribution in [2.45, 2.75) is 62.9 Å². The first-order valence-electron chi connectivity index (χ1n) is 8.83. The third-order valence-electron chi connectivity index (χ3n) is 6.17. The standard InChI is InChI=1S/C19H28N2/c1-15-8-11-20-19(9-4-5-10-19)14-21(15)13-17-12-16-6-2-3-7-18(16)17/h2-3,6-7,15,17,20H,4-5,8-14H2,1H3. The molecule has 2 heteroatoms. The number of hydrogen-bond acceptors (Lipinski definition) is 2. The molecule has 21 heavy (non-hydrogen) atoms. The lowest BCUT2D eigenvalue weighted by Crippen LogP contribution is -2.51. The first-order valence-corrected chi connectivity index (χ1v) is 8.83. The van der Waals surface area contributed by atoms with Gasteiger partial charge in [0.25, 0.3) is 0 Å². The molecule has 0 bridgehead atoms. The maximum absolute atomic E-state index is 3.90. The maximum Gasteiger partial charge on any atom is 0.0308 e. The Kier molecular flexibility index (Phi) is 3.55. The largest absolute Gasteiger partial charge is 0.310 e. The lowest BCUT2D eigenvalue weighted by molar-refractivity contribution is 0.154. The van der Waals surface area contributed by atoms with Crippen LogP contribution >= 0.6 is 0 Å². The Labute approximate surface area is 128 Å². The van der Waals surface area contributed by atoms with Gasteiger partial charge in [-0.1, -0.05) is 37.1 Å². The predicted octanol–water partition coefficient (Wildman–Crippen LogP) is 3.32. The monoisotopic (exact) mass is 284 g/mol. The van der Waals surface area contributed by atoms with Crippen molar-refractivity contribution in [3.05, 3.63) is 35.4 Å². The lowest BCUT2D eigenvalue weighted by atomic mass is 9.77. The smallest absolute Gasteiger partial charge is 0.0308 e. The van der Waals surface area contributed by atoms with Gasteiger partial charge in [-0.25, -0.2) is 0 Å². The molecule has 1 N–H and O–H groups in total. The summed E-state index contributed by atoms with van der Waals surface area (Å²) in [5, 5.41) is 3.90. The molecule has 2 fully saturated rings. The fourth-order valence-corrected chi connectivity index (χ4v) is 4.77. The van der Waals surface area contributed by atoms with Crippen molar-refractivity contribution in [2.75, 3.05) is 19.6 Å². The third-order valence-corrected chi connectivity index (χ3v) is 6.17. The second kappa shape index (κ2) is 5.40. The Morgan fingerprint density at radius 2 is 2.05 bits per heavy atom. The lowest BCUT2D eigenvalue weighted by Gasteiger charge is -2.40. The van der Waals surface area contributed by atoms with E-state index in [2.05, 4.69) is 41.4 Å². The van der Waals surface area contributed by atoms with Crippen molar-refractivity contribution in [3.63, 3.8) is 0 Å². The van der Waals surface area contributed by atoms with Crippen molar-refractivity contribution in [2.24, 2.45) is 0 Å². The molecule has 0 radical (unpaired) electrons. The molecule has 1 aromatic rings. The molecule has 114 valence electrons. The molecule has 1 spiro atoms. The maximum atomic E-state index is 3.90. The van der Waals surface area contributed by atoms with Gasteiger partial charge in [0, 0.05) is 30.6 Å². The highest BCUT2D eigenvalue weighted by atomic mass is 15.2. The molecule has 3 aliphatic rings. The fourth-order valence-electron chi connectivity index (χ4n) is 4.77. The van der Waals surface area contributed by atoms with Gasteiger partial charge in [0.05, 0.1) is 0 Å². The van der Waals surface area contributed by atoms with Crippen LogP contribution in [0.4, 0.5) is 0 Å². The normalized spacial score (nSPS) is 31.7. The summed E-state index contributed by atoms with van der Waals surface area (Å²) in [6.07, 6.45) is 8.20. The number of fused-ring (bicyclic) bond motifs is 1. The summed E-state index contributed by atoms with van der Waals surface area (Å²) in [5.74, 6) is 0.778. The average Bonchev–Trinajstić information content (AvgIpc) is 2.85. The Balaban J connectivity index is 1.48. The molecule has 1 saturated heterocycles. The van der Waals surface area contributed by atoms with Crippen LogP contribution in [0.3, 0.4) is 0 Å². The van der Waals surface area contributed by atoms with Gasteiger partial charge >= 0.3 is 0 Å². The van der Waals surface area contributed by atoms with Crippen LogP contribution in [0.15, 0.2) is 24.3 Å². The van der Waals surface area contributed by atoms with E-state index in [0.717, 1.165) is 12.0 Å². The topological polar surface area (TPSA) is 15.3 Å². The molecule has 2 unspecified atom stereocenters. The Hall–Kier alpha value is -0.860. The second-order valence-corrected chi connectivity index (χ2v) is 7.58. The first-order chi connectivity index (χ1) is 10.3. The zero-order valence-electron chi connectivity index (χ0n) is 13.3. The molecule has 0 amide bonds. The molecule has 1 saturated carbocycles. The molecule has 1 aromatic carbocycles. The van der Waals surface area contributed by atoms with Crippen molar-refractivity contribution >= 4 is 0 Å². The Morgan fingerprint density at radius 3 is 2.86 bits per heavy atom. The summed E-state index contributed by atoms with van der Waals surface area (Å²) in [5.41, 5.74) is 3.63. The molecule has 2 nitrogen and oxygen atoms in total. The Morgan fingerprint density at radius 1 is 1.24 bits per heavy atom. The average molecular weight is 284 g/mol. The van der Waals surface area contributed by atoms with E-state index >= 15 is 0 Å². The summed E-state index contributed by atoms with van der Waals surface area (Å²) < 4.78 is 0. The van der Waals surface area contributed by atoms with Crippen molar-refractivity contribution < 1.29 is 0 Å². The van der Waals surface area contributed by atoms with Crippen LogP contribution in [0, 0.1) is 0 Å². The van der Waals surface area contributed by atoms with Gasteiger partial charge in [0.2, 0.25) is 0 Å². The van der Waals surface area contributed by atoms with Gasteiger partial charge in [-0.05, 0) is 50.3 Å². The summed E-state index contributed by atoms with van der Waals surface area (Å²) >= 11 is 0. The van der Waals surface area contributed by atoms with Gasteiger partial charge < -0.3 is 5.32 Å². The van der Waals surface area contributed by atoms with Crippen molar-refractivity contribution in [1.29, 1.82) is 0 Å². The molecule has 0 aromatic heterocycles. The van der Waals surface area contributed by atoms with Gasteiger partial charge in [0.15, 0.2) is 0 Å². The molecule has 2 aliphatic carbocycles. The highest BCUT2D eigenvalue weighted by molar-refractivity contribution is 5.40. The van der Waals surface area contributed by atoms with E-state index in [1.54, 1.807) is 11.1 Å².